The molecular formula is C11H20NO3Si+. The molecule has 90 valence electrons. The van der Waals surface area contributed by atoms with Crippen molar-refractivity contribution in [3.8, 4) is 0 Å². The summed E-state index contributed by atoms with van der Waals surface area (Å²) in [5.41, 5.74) is 0. The van der Waals surface area contributed by atoms with Gasteiger partial charge in [-0.2, -0.15) is 0 Å². The second-order valence-electron chi connectivity index (χ2n) is 3.51. The summed E-state index contributed by atoms with van der Waals surface area (Å²) in [5.74, 6) is 0. The van der Waals surface area contributed by atoms with E-state index < -0.39 is 8.80 Å². The van der Waals surface area contributed by atoms with Crippen molar-refractivity contribution in [3.05, 3.63) is 30.6 Å². The number of pyridine rings is 1. The Hall–Kier alpha value is -0.753. The summed E-state index contributed by atoms with van der Waals surface area (Å²) >= 11 is 0. The molecule has 4 nitrogen and oxygen atoms in total. The minimum atomic E-state index is -2.38. The highest BCUT2D eigenvalue weighted by Gasteiger charge is 2.37. The fraction of sp³-hybridized carbons (Fsp3) is 0.545. The van der Waals surface area contributed by atoms with Crippen LogP contribution in [0.4, 0.5) is 0 Å². The molecule has 0 amide bonds. The Labute approximate surface area is 98.1 Å². The van der Waals surface area contributed by atoms with Crippen LogP contribution >= 0.6 is 0 Å². The number of nitrogens with zero attached hydrogens (tertiary/aromatic N) is 1. The third-order valence-electron chi connectivity index (χ3n) is 2.61. The Balaban J connectivity index is 2.39. The topological polar surface area (TPSA) is 31.6 Å². The van der Waals surface area contributed by atoms with E-state index in [4.69, 9.17) is 13.3 Å². The number of aryl methyl sites for hydroxylation is 1. The summed E-state index contributed by atoms with van der Waals surface area (Å²) in [4.78, 5) is 0. The largest absolute Gasteiger partial charge is 0.500 e. The van der Waals surface area contributed by atoms with Crippen molar-refractivity contribution < 1.29 is 17.8 Å². The van der Waals surface area contributed by atoms with Crippen molar-refractivity contribution >= 4 is 8.80 Å². The standard InChI is InChI=1S/C11H20NO3Si/c1-13-16(14-2,15-3)11-7-10-12-8-5-4-6-9-12/h4-6,8-9H,7,10-11H2,1-3H3/q+1. The van der Waals surface area contributed by atoms with Gasteiger partial charge >= 0.3 is 8.80 Å². The van der Waals surface area contributed by atoms with Gasteiger partial charge in [-0.3, -0.25) is 0 Å². The minimum absolute atomic E-state index is 0.832. The van der Waals surface area contributed by atoms with Crippen molar-refractivity contribution in [1.29, 1.82) is 0 Å². The normalized spacial score (nSPS) is 11.7. The van der Waals surface area contributed by atoms with Crippen LogP contribution in [0.25, 0.3) is 0 Å². The summed E-state index contributed by atoms with van der Waals surface area (Å²) in [5, 5.41) is 0. The predicted octanol–water partition coefficient (Wildman–Crippen LogP) is 1.24. The highest BCUT2D eigenvalue weighted by atomic mass is 28.4. The van der Waals surface area contributed by atoms with Gasteiger partial charge in [-0.1, -0.05) is 6.07 Å². The molecule has 5 heteroatoms. The highest BCUT2D eigenvalue weighted by Crippen LogP contribution is 2.14. The van der Waals surface area contributed by atoms with Crippen LogP contribution in [-0.4, -0.2) is 30.1 Å². The summed E-state index contributed by atoms with van der Waals surface area (Å²) in [6.45, 7) is 0.950. The Bertz CT molecular complexity index is 282. The molecule has 0 bridgehead atoms. The molecular weight excluding hydrogens is 222 g/mol. The maximum Gasteiger partial charge on any atom is 0.500 e. The lowest BCUT2D eigenvalue weighted by Gasteiger charge is -2.23. The molecule has 0 atom stereocenters. The smallest absolute Gasteiger partial charge is 0.377 e. The van der Waals surface area contributed by atoms with Crippen molar-refractivity contribution in [1.82, 2.24) is 0 Å². The average Bonchev–Trinajstić information content (AvgIpc) is 2.37. The minimum Gasteiger partial charge on any atom is -0.377 e. The molecule has 1 aromatic rings. The van der Waals surface area contributed by atoms with Gasteiger partial charge < -0.3 is 13.3 Å². The molecule has 0 N–H and O–H groups in total. The van der Waals surface area contributed by atoms with E-state index in [1.54, 1.807) is 21.3 Å². The third-order valence-corrected chi connectivity index (χ3v) is 5.44. The van der Waals surface area contributed by atoms with Gasteiger partial charge in [-0.15, -0.1) is 0 Å². The molecule has 16 heavy (non-hydrogen) atoms. The molecule has 0 radical (unpaired) electrons. The second kappa shape index (κ2) is 6.75. The van der Waals surface area contributed by atoms with E-state index in [0.29, 0.717) is 0 Å². The molecule has 0 fully saturated rings. The van der Waals surface area contributed by atoms with E-state index in [0.717, 1.165) is 19.0 Å². The first-order chi connectivity index (χ1) is 7.76. The maximum atomic E-state index is 5.36. The monoisotopic (exact) mass is 242 g/mol. The Kier molecular flexibility index (Phi) is 5.62. The first-order valence-electron chi connectivity index (χ1n) is 5.36. The van der Waals surface area contributed by atoms with Gasteiger partial charge in [0.1, 0.15) is 6.54 Å². The van der Waals surface area contributed by atoms with Crippen LogP contribution in [0.15, 0.2) is 30.6 Å². The number of rotatable bonds is 7. The lowest BCUT2D eigenvalue weighted by atomic mass is 10.4. The first-order valence-corrected chi connectivity index (χ1v) is 7.29. The molecule has 1 rings (SSSR count). The van der Waals surface area contributed by atoms with Gasteiger partial charge in [-0.05, 0) is 0 Å². The summed E-state index contributed by atoms with van der Waals surface area (Å²) in [6.07, 6.45) is 5.09. The van der Waals surface area contributed by atoms with Crippen LogP contribution in [-0.2, 0) is 19.8 Å². The zero-order valence-electron chi connectivity index (χ0n) is 10.2. The molecule has 1 aromatic heterocycles. The lowest BCUT2D eigenvalue weighted by molar-refractivity contribution is -0.697. The molecule has 0 aliphatic rings. The zero-order valence-corrected chi connectivity index (χ0v) is 11.2. The quantitative estimate of drug-likeness (QED) is 0.532. The van der Waals surface area contributed by atoms with Gasteiger partial charge in [-0.25, -0.2) is 4.57 Å². The summed E-state index contributed by atoms with van der Waals surface area (Å²) < 4.78 is 18.2. The molecule has 0 aromatic carbocycles. The van der Waals surface area contributed by atoms with Crippen molar-refractivity contribution in [3.63, 3.8) is 0 Å². The van der Waals surface area contributed by atoms with Gasteiger partial charge in [0.25, 0.3) is 0 Å². The van der Waals surface area contributed by atoms with E-state index in [9.17, 15) is 0 Å². The molecule has 0 aliphatic carbocycles. The maximum absolute atomic E-state index is 5.36. The van der Waals surface area contributed by atoms with Crippen LogP contribution in [0.2, 0.25) is 6.04 Å². The molecule has 0 saturated carbocycles. The van der Waals surface area contributed by atoms with Crippen LogP contribution in [0.3, 0.4) is 0 Å². The van der Waals surface area contributed by atoms with Crippen LogP contribution in [0.5, 0.6) is 0 Å². The average molecular weight is 242 g/mol. The predicted molar refractivity (Wildman–Crippen MR) is 62.8 cm³/mol. The van der Waals surface area contributed by atoms with Crippen molar-refractivity contribution in [2.45, 2.75) is 19.0 Å². The Morgan fingerprint density at radius 3 is 2.00 bits per heavy atom. The van der Waals surface area contributed by atoms with Crippen LogP contribution in [0, 0.1) is 0 Å². The van der Waals surface area contributed by atoms with Gasteiger partial charge in [0.15, 0.2) is 12.4 Å². The fourth-order valence-electron chi connectivity index (χ4n) is 1.62. The van der Waals surface area contributed by atoms with E-state index in [2.05, 4.69) is 17.0 Å². The summed E-state index contributed by atoms with van der Waals surface area (Å²) in [7, 11) is 2.56. The van der Waals surface area contributed by atoms with Gasteiger partial charge in [0.05, 0.1) is 0 Å². The van der Waals surface area contributed by atoms with E-state index in [-0.39, 0.29) is 0 Å². The molecule has 0 saturated heterocycles. The Morgan fingerprint density at radius 2 is 1.50 bits per heavy atom. The van der Waals surface area contributed by atoms with Crippen LogP contribution in [0.1, 0.15) is 6.42 Å². The van der Waals surface area contributed by atoms with Crippen molar-refractivity contribution in [2.24, 2.45) is 0 Å². The molecule has 1 heterocycles. The highest BCUT2D eigenvalue weighted by molar-refractivity contribution is 6.60. The van der Waals surface area contributed by atoms with Crippen LogP contribution < -0.4 is 4.57 Å². The first kappa shape index (κ1) is 13.3. The van der Waals surface area contributed by atoms with Gasteiger partial charge in [0.2, 0.25) is 0 Å². The molecule has 0 unspecified atom stereocenters. The molecule has 0 spiro atoms. The number of hydrogen-bond acceptors (Lipinski definition) is 3. The number of aromatic nitrogens is 1. The third kappa shape index (κ3) is 3.68. The van der Waals surface area contributed by atoms with E-state index in [1.165, 1.54) is 0 Å². The van der Waals surface area contributed by atoms with Gasteiger partial charge in [0, 0.05) is 45.9 Å². The van der Waals surface area contributed by atoms with Crippen molar-refractivity contribution in [2.75, 3.05) is 21.3 Å². The molecule has 0 aliphatic heterocycles. The summed E-state index contributed by atoms with van der Waals surface area (Å²) in [6, 6.07) is 6.88. The SMILES string of the molecule is CO[Si](CCC[n+]1ccccc1)(OC)OC. The second-order valence-corrected chi connectivity index (χ2v) is 6.60. The van der Waals surface area contributed by atoms with E-state index >= 15 is 0 Å². The fourth-order valence-corrected chi connectivity index (χ4v) is 3.32. The lowest BCUT2D eigenvalue weighted by Crippen LogP contribution is -2.44. The zero-order chi connectivity index (χ0) is 11.9. The number of hydrogen-bond donors (Lipinski definition) is 0. The Morgan fingerprint density at radius 1 is 0.938 bits per heavy atom. The van der Waals surface area contributed by atoms with E-state index in [1.807, 2.05) is 18.2 Å².